The summed E-state index contributed by atoms with van der Waals surface area (Å²) in [7, 11) is 0. The van der Waals surface area contributed by atoms with Gasteiger partial charge in [-0.25, -0.2) is 4.98 Å². The Labute approximate surface area is 113 Å². The zero-order valence-electron chi connectivity index (χ0n) is 10.6. The maximum Gasteiger partial charge on any atom is 0.147 e. The first-order chi connectivity index (χ1) is 8.75. The van der Waals surface area contributed by atoms with Crippen LogP contribution in [0.4, 0.5) is 11.5 Å². The van der Waals surface area contributed by atoms with Gasteiger partial charge in [-0.2, -0.15) is 0 Å². The van der Waals surface area contributed by atoms with Crippen LogP contribution >= 0.6 is 11.6 Å². The summed E-state index contributed by atoms with van der Waals surface area (Å²) in [4.78, 5) is 6.89. The monoisotopic (exact) mass is 265 g/mol. The van der Waals surface area contributed by atoms with E-state index in [1.54, 1.807) is 6.20 Å². The van der Waals surface area contributed by atoms with Crippen molar-refractivity contribution in [2.24, 2.45) is 5.92 Å². The van der Waals surface area contributed by atoms with Crippen LogP contribution in [0.2, 0.25) is 5.02 Å². The van der Waals surface area contributed by atoms with Crippen LogP contribution in [0.15, 0.2) is 12.3 Å². The molecule has 0 aromatic carbocycles. The molecule has 2 heterocycles. The molecular formula is C14H20ClN3. The van der Waals surface area contributed by atoms with Crippen molar-refractivity contribution in [3.63, 3.8) is 0 Å². The van der Waals surface area contributed by atoms with E-state index in [9.17, 15) is 0 Å². The summed E-state index contributed by atoms with van der Waals surface area (Å²) >= 11 is 6.31. The number of pyridine rings is 1. The highest BCUT2D eigenvalue weighted by molar-refractivity contribution is 6.33. The van der Waals surface area contributed by atoms with Crippen molar-refractivity contribution in [3.05, 3.63) is 17.3 Å². The molecule has 2 aliphatic rings. The average molecular weight is 266 g/mol. The van der Waals surface area contributed by atoms with Crippen molar-refractivity contribution >= 4 is 23.1 Å². The zero-order valence-corrected chi connectivity index (χ0v) is 11.4. The first-order valence-electron chi connectivity index (χ1n) is 6.93. The van der Waals surface area contributed by atoms with Crippen molar-refractivity contribution in [2.45, 2.75) is 44.6 Å². The van der Waals surface area contributed by atoms with Gasteiger partial charge < -0.3 is 10.6 Å². The van der Waals surface area contributed by atoms with Gasteiger partial charge in [0.25, 0.3) is 0 Å². The number of anilines is 2. The first kappa shape index (κ1) is 12.1. The molecule has 2 atom stereocenters. The second-order valence-electron chi connectivity index (χ2n) is 5.52. The molecule has 0 amide bonds. The lowest BCUT2D eigenvalue weighted by Crippen LogP contribution is -2.47. The van der Waals surface area contributed by atoms with Crippen LogP contribution in [-0.2, 0) is 0 Å². The molecule has 98 valence electrons. The Morgan fingerprint density at radius 3 is 2.83 bits per heavy atom. The van der Waals surface area contributed by atoms with Crippen molar-refractivity contribution in [1.82, 2.24) is 4.98 Å². The molecular weight excluding hydrogens is 246 g/mol. The third kappa shape index (κ3) is 2.16. The van der Waals surface area contributed by atoms with Gasteiger partial charge in [0.1, 0.15) is 5.82 Å². The summed E-state index contributed by atoms with van der Waals surface area (Å²) in [5.74, 6) is 1.77. The van der Waals surface area contributed by atoms with Crippen LogP contribution in [0.3, 0.4) is 0 Å². The fourth-order valence-electron chi connectivity index (χ4n) is 3.54. The van der Waals surface area contributed by atoms with Crippen LogP contribution in [0.5, 0.6) is 0 Å². The normalized spacial score (nSPS) is 27.9. The van der Waals surface area contributed by atoms with E-state index in [0.29, 0.717) is 16.8 Å². The van der Waals surface area contributed by atoms with E-state index in [2.05, 4.69) is 9.88 Å². The smallest absolute Gasteiger partial charge is 0.147 e. The third-order valence-corrected chi connectivity index (χ3v) is 4.64. The Morgan fingerprint density at radius 1 is 1.22 bits per heavy atom. The quantitative estimate of drug-likeness (QED) is 0.845. The van der Waals surface area contributed by atoms with Crippen molar-refractivity contribution < 1.29 is 0 Å². The maximum atomic E-state index is 6.31. The SMILES string of the molecule is Nc1cnc(N2CCCC3CCCCC32)c(Cl)c1. The highest BCUT2D eigenvalue weighted by atomic mass is 35.5. The van der Waals surface area contributed by atoms with Gasteiger partial charge in [-0.15, -0.1) is 0 Å². The van der Waals surface area contributed by atoms with Crippen molar-refractivity contribution in [2.75, 3.05) is 17.2 Å². The fourth-order valence-corrected chi connectivity index (χ4v) is 3.83. The summed E-state index contributed by atoms with van der Waals surface area (Å²) in [6.07, 6.45) is 9.72. The van der Waals surface area contributed by atoms with Gasteiger partial charge in [0.05, 0.1) is 16.9 Å². The Morgan fingerprint density at radius 2 is 2.00 bits per heavy atom. The molecule has 1 aliphatic carbocycles. The van der Waals surface area contributed by atoms with E-state index < -0.39 is 0 Å². The number of nitrogens with zero attached hydrogens (tertiary/aromatic N) is 2. The first-order valence-corrected chi connectivity index (χ1v) is 7.31. The van der Waals surface area contributed by atoms with E-state index in [4.69, 9.17) is 17.3 Å². The van der Waals surface area contributed by atoms with Gasteiger partial charge >= 0.3 is 0 Å². The number of hydrogen-bond acceptors (Lipinski definition) is 3. The Kier molecular flexibility index (Phi) is 3.33. The molecule has 1 saturated carbocycles. The van der Waals surface area contributed by atoms with E-state index >= 15 is 0 Å². The Balaban J connectivity index is 1.89. The van der Waals surface area contributed by atoms with Crippen LogP contribution in [-0.4, -0.2) is 17.6 Å². The number of hydrogen-bond donors (Lipinski definition) is 1. The summed E-state index contributed by atoms with van der Waals surface area (Å²) in [5.41, 5.74) is 6.36. The standard InChI is InChI=1S/C14H20ClN3/c15-12-8-11(16)9-17-14(12)18-7-3-5-10-4-1-2-6-13(10)18/h8-10,13H,1-7,16H2. The molecule has 2 fully saturated rings. The number of nitrogens with two attached hydrogens (primary N) is 1. The summed E-state index contributed by atoms with van der Waals surface area (Å²) in [6.45, 7) is 1.08. The minimum Gasteiger partial charge on any atom is -0.397 e. The van der Waals surface area contributed by atoms with Gasteiger partial charge in [0, 0.05) is 12.6 Å². The lowest BCUT2D eigenvalue weighted by Gasteiger charge is -2.45. The molecule has 2 N–H and O–H groups in total. The second kappa shape index (κ2) is 4.96. The molecule has 1 saturated heterocycles. The average Bonchev–Trinajstić information content (AvgIpc) is 2.38. The molecule has 1 aromatic rings. The number of nitrogen functional groups attached to an aromatic ring is 1. The molecule has 1 aliphatic heterocycles. The van der Waals surface area contributed by atoms with E-state index in [-0.39, 0.29) is 0 Å². The van der Waals surface area contributed by atoms with Crippen molar-refractivity contribution in [1.29, 1.82) is 0 Å². The highest BCUT2D eigenvalue weighted by Crippen LogP contribution is 2.39. The van der Waals surface area contributed by atoms with Crippen molar-refractivity contribution in [3.8, 4) is 0 Å². The number of piperidine rings is 1. The zero-order chi connectivity index (χ0) is 12.5. The van der Waals surface area contributed by atoms with Gasteiger partial charge in [0.2, 0.25) is 0 Å². The Hall–Kier alpha value is -0.960. The lowest BCUT2D eigenvalue weighted by atomic mass is 9.78. The number of aromatic nitrogens is 1. The van der Waals surface area contributed by atoms with E-state index in [1.165, 1.54) is 38.5 Å². The van der Waals surface area contributed by atoms with Crippen LogP contribution < -0.4 is 10.6 Å². The molecule has 18 heavy (non-hydrogen) atoms. The lowest BCUT2D eigenvalue weighted by molar-refractivity contribution is 0.243. The molecule has 0 spiro atoms. The van der Waals surface area contributed by atoms with Gasteiger partial charge in [-0.1, -0.05) is 24.4 Å². The van der Waals surface area contributed by atoms with E-state index in [1.807, 2.05) is 6.07 Å². The third-order valence-electron chi connectivity index (χ3n) is 4.36. The summed E-state index contributed by atoms with van der Waals surface area (Å²) in [6, 6.07) is 2.46. The minimum atomic E-state index is 0.640. The highest BCUT2D eigenvalue weighted by Gasteiger charge is 2.34. The molecule has 1 aromatic heterocycles. The van der Waals surface area contributed by atoms with E-state index in [0.717, 1.165) is 18.3 Å². The number of rotatable bonds is 1. The van der Waals surface area contributed by atoms with Gasteiger partial charge in [-0.05, 0) is 37.7 Å². The molecule has 3 nitrogen and oxygen atoms in total. The predicted molar refractivity (Wildman–Crippen MR) is 76.0 cm³/mol. The number of halogens is 1. The minimum absolute atomic E-state index is 0.640. The summed E-state index contributed by atoms with van der Waals surface area (Å²) < 4.78 is 0. The molecule has 2 unspecified atom stereocenters. The van der Waals surface area contributed by atoms with Crippen LogP contribution in [0.25, 0.3) is 0 Å². The van der Waals surface area contributed by atoms with Crippen LogP contribution in [0.1, 0.15) is 38.5 Å². The van der Waals surface area contributed by atoms with Gasteiger partial charge in [0.15, 0.2) is 0 Å². The predicted octanol–water partition coefficient (Wildman–Crippen LogP) is 3.48. The molecule has 0 bridgehead atoms. The fraction of sp³-hybridized carbons (Fsp3) is 0.643. The number of fused-ring (bicyclic) bond motifs is 1. The Bertz CT molecular complexity index is 433. The topological polar surface area (TPSA) is 42.1 Å². The molecule has 0 radical (unpaired) electrons. The van der Waals surface area contributed by atoms with Crippen LogP contribution in [0, 0.1) is 5.92 Å². The molecule has 3 rings (SSSR count). The molecule has 4 heteroatoms. The largest absolute Gasteiger partial charge is 0.397 e. The summed E-state index contributed by atoms with van der Waals surface area (Å²) in [5, 5.41) is 0.696. The second-order valence-corrected chi connectivity index (χ2v) is 5.93. The maximum absolute atomic E-state index is 6.31. The van der Waals surface area contributed by atoms with Gasteiger partial charge in [-0.3, -0.25) is 0 Å².